The zero-order valence-electron chi connectivity index (χ0n) is 20.1. The van der Waals surface area contributed by atoms with Crippen molar-refractivity contribution in [1.29, 1.82) is 0 Å². The van der Waals surface area contributed by atoms with Gasteiger partial charge in [-0.1, -0.05) is 24.3 Å². The number of aromatic nitrogens is 1. The minimum atomic E-state index is -0.702. The number of carbonyl (C=O) groups is 2. The number of rotatable bonds is 7. The molecule has 0 bridgehead atoms. The predicted molar refractivity (Wildman–Crippen MR) is 129 cm³/mol. The molecule has 1 aliphatic rings. The molecule has 0 aliphatic carbocycles. The Labute approximate surface area is 199 Å². The molecule has 180 valence electrons. The number of ether oxygens (including phenoxy) is 3. The fraction of sp³-hybridized carbons (Fsp3) is 0.385. The minimum absolute atomic E-state index is 0.239. The molecule has 0 fully saturated rings. The van der Waals surface area contributed by atoms with Gasteiger partial charge in [-0.3, -0.25) is 4.79 Å². The van der Waals surface area contributed by atoms with Crippen LogP contribution in [0, 0.1) is 0 Å². The number of para-hydroxylation sites is 1. The van der Waals surface area contributed by atoms with Crippen LogP contribution >= 0.6 is 0 Å². The van der Waals surface area contributed by atoms with E-state index >= 15 is 0 Å². The van der Waals surface area contributed by atoms with Gasteiger partial charge in [0.25, 0.3) is 5.91 Å². The molecular weight excluding hydrogens is 434 g/mol. The van der Waals surface area contributed by atoms with Crippen LogP contribution in [0.4, 0.5) is 4.79 Å². The van der Waals surface area contributed by atoms with Crippen molar-refractivity contribution in [2.45, 2.75) is 39.3 Å². The van der Waals surface area contributed by atoms with Crippen molar-refractivity contribution in [3.8, 4) is 11.5 Å². The first-order valence-electron chi connectivity index (χ1n) is 11.4. The Balaban J connectivity index is 1.40. The number of aryl methyl sites for hydroxylation is 1. The standard InChI is InChI=1S/C26H31N3O5/c1-26(2,3)34-25(31)29(24(30)21-15-19-8-5-6-9-20(19)28(21)4)13-7-12-27-16-18-10-11-22-23(14-18)33-17-32-22/h5-6,8-11,14-15,27H,7,12-13,16-17H2,1-4H3. The summed E-state index contributed by atoms with van der Waals surface area (Å²) in [7, 11) is 1.83. The molecule has 2 heterocycles. The molecule has 0 saturated heterocycles. The van der Waals surface area contributed by atoms with E-state index in [4.69, 9.17) is 14.2 Å². The van der Waals surface area contributed by atoms with E-state index in [1.807, 2.05) is 60.1 Å². The van der Waals surface area contributed by atoms with E-state index in [2.05, 4.69) is 5.32 Å². The van der Waals surface area contributed by atoms with Gasteiger partial charge in [0, 0.05) is 31.0 Å². The van der Waals surface area contributed by atoms with Crippen molar-refractivity contribution in [2.24, 2.45) is 7.05 Å². The molecule has 2 aromatic carbocycles. The highest BCUT2D eigenvalue weighted by Gasteiger charge is 2.29. The van der Waals surface area contributed by atoms with Crippen molar-refractivity contribution < 1.29 is 23.8 Å². The van der Waals surface area contributed by atoms with Crippen molar-refractivity contribution in [2.75, 3.05) is 19.9 Å². The third kappa shape index (κ3) is 5.34. The molecule has 0 radical (unpaired) electrons. The number of fused-ring (bicyclic) bond motifs is 2. The Morgan fingerprint density at radius 2 is 1.85 bits per heavy atom. The van der Waals surface area contributed by atoms with Crippen LogP contribution in [-0.4, -0.2) is 47.0 Å². The number of nitrogens with zero attached hydrogens (tertiary/aromatic N) is 2. The first-order chi connectivity index (χ1) is 16.2. The predicted octanol–water partition coefficient (Wildman–Crippen LogP) is 4.46. The van der Waals surface area contributed by atoms with Gasteiger partial charge in [0.1, 0.15) is 11.3 Å². The van der Waals surface area contributed by atoms with Crippen LogP contribution in [-0.2, 0) is 18.3 Å². The van der Waals surface area contributed by atoms with E-state index in [1.165, 1.54) is 4.90 Å². The summed E-state index contributed by atoms with van der Waals surface area (Å²) >= 11 is 0. The molecule has 1 N–H and O–H groups in total. The first kappa shape index (κ1) is 23.6. The Morgan fingerprint density at radius 3 is 2.62 bits per heavy atom. The normalized spacial score (nSPS) is 12.7. The lowest BCUT2D eigenvalue weighted by Gasteiger charge is -2.26. The van der Waals surface area contributed by atoms with Crippen LogP contribution in [0.2, 0.25) is 0 Å². The van der Waals surface area contributed by atoms with Crippen LogP contribution in [0.3, 0.4) is 0 Å². The topological polar surface area (TPSA) is 82.0 Å². The molecular formula is C26H31N3O5. The molecule has 2 amide bonds. The molecule has 0 saturated carbocycles. The summed E-state index contributed by atoms with van der Waals surface area (Å²) in [4.78, 5) is 27.5. The summed E-state index contributed by atoms with van der Waals surface area (Å²) in [6.45, 7) is 7.11. The number of nitrogens with one attached hydrogen (secondary N) is 1. The quantitative estimate of drug-likeness (QED) is 0.519. The fourth-order valence-electron chi connectivity index (χ4n) is 3.87. The van der Waals surface area contributed by atoms with Gasteiger partial charge in [-0.2, -0.15) is 0 Å². The van der Waals surface area contributed by atoms with Crippen LogP contribution in [0.5, 0.6) is 11.5 Å². The third-order valence-electron chi connectivity index (χ3n) is 5.53. The minimum Gasteiger partial charge on any atom is -0.454 e. The molecule has 1 aliphatic heterocycles. The summed E-state index contributed by atoms with van der Waals surface area (Å²) in [5.74, 6) is 1.13. The van der Waals surface area contributed by atoms with Gasteiger partial charge in [0.15, 0.2) is 11.5 Å². The van der Waals surface area contributed by atoms with Crippen molar-refractivity contribution >= 4 is 22.9 Å². The first-order valence-corrected chi connectivity index (χ1v) is 11.4. The van der Waals surface area contributed by atoms with Gasteiger partial charge in [-0.15, -0.1) is 0 Å². The number of carbonyl (C=O) groups excluding carboxylic acids is 2. The lowest BCUT2D eigenvalue weighted by molar-refractivity contribution is 0.0237. The van der Waals surface area contributed by atoms with Crippen LogP contribution in [0.1, 0.15) is 43.2 Å². The number of benzene rings is 2. The van der Waals surface area contributed by atoms with Crippen LogP contribution in [0.25, 0.3) is 10.9 Å². The van der Waals surface area contributed by atoms with Crippen LogP contribution in [0.15, 0.2) is 48.5 Å². The van der Waals surface area contributed by atoms with E-state index in [9.17, 15) is 9.59 Å². The molecule has 3 aromatic rings. The molecule has 0 atom stereocenters. The Hall–Kier alpha value is -3.52. The molecule has 34 heavy (non-hydrogen) atoms. The number of hydrogen-bond donors (Lipinski definition) is 1. The van der Waals surface area contributed by atoms with Crippen molar-refractivity contribution in [1.82, 2.24) is 14.8 Å². The summed E-state index contributed by atoms with van der Waals surface area (Å²) in [6.07, 6.45) is -0.0574. The Kier molecular flexibility index (Phi) is 6.79. The summed E-state index contributed by atoms with van der Waals surface area (Å²) in [6, 6.07) is 15.4. The van der Waals surface area contributed by atoms with E-state index in [-0.39, 0.29) is 19.2 Å². The van der Waals surface area contributed by atoms with E-state index in [0.29, 0.717) is 25.2 Å². The van der Waals surface area contributed by atoms with E-state index in [0.717, 1.165) is 28.0 Å². The molecule has 8 heteroatoms. The molecule has 4 rings (SSSR count). The maximum absolute atomic E-state index is 13.4. The molecule has 8 nitrogen and oxygen atoms in total. The number of imide groups is 1. The Morgan fingerprint density at radius 1 is 1.09 bits per heavy atom. The lowest BCUT2D eigenvalue weighted by atomic mass is 10.2. The van der Waals surface area contributed by atoms with E-state index in [1.54, 1.807) is 20.8 Å². The molecule has 0 spiro atoms. The van der Waals surface area contributed by atoms with Gasteiger partial charge >= 0.3 is 6.09 Å². The van der Waals surface area contributed by atoms with Gasteiger partial charge in [0.05, 0.1) is 0 Å². The van der Waals surface area contributed by atoms with Gasteiger partial charge in [-0.05, 0) is 63.6 Å². The van der Waals surface area contributed by atoms with Gasteiger partial charge in [-0.25, -0.2) is 9.69 Å². The van der Waals surface area contributed by atoms with Gasteiger partial charge in [0.2, 0.25) is 6.79 Å². The smallest absolute Gasteiger partial charge is 0.417 e. The third-order valence-corrected chi connectivity index (χ3v) is 5.53. The monoisotopic (exact) mass is 465 g/mol. The second-order valence-corrected chi connectivity index (χ2v) is 9.30. The second kappa shape index (κ2) is 9.77. The van der Waals surface area contributed by atoms with Crippen molar-refractivity contribution in [3.05, 3.63) is 59.8 Å². The van der Waals surface area contributed by atoms with E-state index < -0.39 is 11.7 Å². The summed E-state index contributed by atoms with van der Waals surface area (Å²) in [5, 5.41) is 4.30. The summed E-state index contributed by atoms with van der Waals surface area (Å²) < 4.78 is 18.1. The summed E-state index contributed by atoms with van der Waals surface area (Å²) in [5.41, 5.74) is 1.74. The highest BCUT2D eigenvalue weighted by Crippen LogP contribution is 2.32. The molecule has 0 unspecified atom stereocenters. The SMILES string of the molecule is Cn1c(C(=O)N(CCCNCc2ccc3c(c2)OCO3)C(=O)OC(C)(C)C)cc2ccccc21. The highest BCUT2D eigenvalue weighted by atomic mass is 16.7. The fourth-order valence-corrected chi connectivity index (χ4v) is 3.87. The van der Waals surface area contributed by atoms with Crippen LogP contribution < -0.4 is 14.8 Å². The zero-order valence-corrected chi connectivity index (χ0v) is 20.1. The average molecular weight is 466 g/mol. The average Bonchev–Trinajstić information content (AvgIpc) is 3.39. The number of amides is 2. The van der Waals surface area contributed by atoms with Gasteiger partial charge < -0.3 is 24.1 Å². The maximum Gasteiger partial charge on any atom is 0.417 e. The maximum atomic E-state index is 13.4. The lowest BCUT2D eigenvalue weighted by Crippen LogP contribution is -2.42. The number of hydrogen-bond acceptors (Lipinski definition) is 6. The zero-order chi connectivity index (χ0) is 24.3. The van der Waals surface area contributed by atoms with Crippen molar-refractivity contribution in [3.63, 3.8) is 0 Å². The highest BCUT2D eigenvalue weighted by molar-refractivity contribution is 6.05. The molecule has 1 aromatic heterocycles. The second-order valence-electron chi connectivity index (χ2n) is 9.30. The Bertz CT molecular complexity index is 1190. The largest absolute Gasteiger partial charge is 0.454 e.